The highest BCUT2D eigenvalue weighted by molar-refractivity contribution is 7.18. The Kier molecular flexibility index (Phi) is 5.35. The Bertz CT molecular complexity index is 467. The summed E-state index contributed by atoms with van der Waals surface area (Å²) in [6.07, 6.45) is 0. The summed E-state index contributed by atoms with van der Waals surface area (Å²) in [5, 5.41) is 3.87. The van der Waals surface area contributed by atoms with Gasteiger partial charge in [-0.05, 0) is 12.8 Å². The number of anilines is 2. The maximum atomic E-state index is 12.2. The normalized spacial score (nSPS) is 10.6. The molecule has 3 N–H and O–H groups in total. The second-order valence-electron chi connectivity index (χ2n) is 5.13. The molecule has 0 spiro atoms. The third-order valence-electron chi connectivity index (χ3n) is 2.36. The number of carbonyl (C=O) groups is 1. The van der Waals surface area contributed by atoms with Gasteiger partial charge in [-0.25, -0.2) is 4.98 Å². The van der Waals surface area contributed by atoms with Crippen molar-refractivity contribution in [3.8, 4) is 0 Å². The molecule has 1 amide bonds. The molecule has 1 heterocycles. The number of likely N-dealkylation sites (N-methyl/N-ethyl adjacent to an activating group) is 1. The predicted molar refractivity (Wildman–Crippen MR) is 81.6 cm³/mol. The van der Waals surface area contributed by atoms with Crippen molar-refractivity contribution in [3.63, 3.8) is 0 Å². The minimum Gasteiger partial charge on any atom is -0.382 e. The fraction of sp³-hybridized carbons (Fsp3) is 0.538. The molecule has 0 atom stereocenters. The number of thiazole rings is 1. The van der Waals surface area contributed by atoms with Gasteiger partial charge >= 0.3 is 0 Å². The number of carbonyl (C=O) groups excluding carboxylic acids is 1. The van der Waals surface area contributed by atoms with Gasteiger partial charge < -0.3 is 16.0 Å². The van der Waals surface area contributed by atoms with E-state index in [1.54, 1.807) is 11.9 Å². The highest BCUT2D eigenvalue weighted by Crippen LogP contribution is 2.26. The number of nitrogen functional groups attached to an aromatic ring is 1. The lowest BCUT2D eigenvalue weighted by atomic mass is 10.2. The van der Waals surface area contributed by atoms with E-state index in [-0.39, 0.29) is 11.7 Å². The van der Waals surface area contributed by atoms with E-state index in [0.29, 0.717) is 22.5 Å². The topological polar surface area (TPSA) is 71.2 Å². The SMILES string of the molecule is C=C(C)CN(C)C(=O)c1sc(NCC(C)C)nc1N. The zero-order valence-corrected chi connectivity index (χ0v) is 12.8. The number of rotatable bonds is 6. The van der Waals surface area contributed by atoms with Crippen LogP contribution in [-0.4, -0.2) is 35.9 Å². The molecule has 0 aromatic carbocycles. The predicted octanol–water partition coefficient (Wildman–Crippen LogP) is 2.44. The monoisotopic (exact) mass is 282 g/mol. The van der Waals surface area contributed by atoms with Crippen molar-refractivity contribution in [1.82, 2.24) is 9.88 Å². The number of aromatic nitrogens is 1. The van der Waals surface area contributed by atoms with Crippen LogP contribution in [0.2, 0.25) is 0 Å². The van der Waals surface area contributed by atoms with Crippen molar-refractivity contribution in [2.45, 2.75) is 20.8 Å². The Morgan fingerprint density at radius 2 is 2.21 bits per heavy atom. The second-order valence-corrected chi connectivity index (χ2v) is 6.13. The minimum absolute atomic E-state index is 0.115. The summed E-state index contributed by atoms with van der Waals surface area (Å²) in [6, 6.07) is 0. The molecular formula is C13H22N4OS. The van der Waals surface area contributed by atoms with Crippen LogP contribution >= 0.6 is 11.3 Å². The van der Waals surface area contributed by atoms with Gasteiger partial charge in [0.25, 0.3) is 5.91 Å². The van der Waals surface area contributed by atoms with Crippen molar-refractivity contribution in [1.29, 1.82) is 0 Å². The van der Waals surface area contributed by atoms with Crippen LogP contribution < -0.4 is 11.1 Å². The summed E-state index contributed by atoms with van der Waals surface area (Å²) < 4.78 is 0. The zero-order valence-electron chi connectivity index (χ0n) is 12.0. The highest BCUT2D eigenvalue weighted by Gasteiger charge is 2.19. The van der Waals surface area contributed by atoms with Crippen LogP contribution in [0.15, 0.2) is 12.2 Å². The third kappa shape index (κ3) is 4.55. The van der Waals surface area contributed by atoms with E-state index >= 15 is 0 Å². The summed E-state index contributed by atoms with van der Waals surface area (Å²) >= 11 is 1.30. The fourth-order valence-corrected chi connectivity index (χ4v) is 2.39. The quantitative estimate of drug-likeness (QED) is 0.786. The molecule has 0 radical (unpaired) electrons. The molecule has 0 aliphatic rings. The van der Waals surface area contributed by atoms with Gasteiger partial charge in [0.15, 0.2) is 5.13 Å². The average molecular weight is 282 g/mol. The molecule has 5 nitrogen and oxygen atoms in total. The smallest absolute Gasteiger partial charge is 0.267 e. The summed E-state index contributed by atoms with van der Waals surface area (Å²) in [7, 11) is 1.73. The van der Waals surface area contributed by atoms with E-state index in [4.69, 9.17) is 5.73 Å². The molecular weight excluding hydrogens is 260 g/mol. The third-order valence-corrected chi connectivity index (χ3v) is 3.38. The molecule has 0 fully saturated rings. The van der Waals surface area contributed by atoms with Crippen LogP contribution in [0.25, 0.3) is 0 Å². The Morgan fingerprint density at radius 3 is 2.74 bits per heavy atom. The van der Waals surface area contributed by atoms with E-state index in [2.05, 4.69) is 30.7 Å². The van der Waals surface area contributed by atoms with Gasteiger partial charge in [-0.15, -0.1) is 0 Å². The summed E-state index contributed by atoms with van der Waals surface area (Å²) in [4.78, 5) is 18.5. The average Bonchev–Trinajstić information content (AvgIpc) is 2.66. The highest BCUT2D eigenvalue weighted by atomic mass is 32.1. The largest absolute Gasteiger partial charge is 0.382 e. The lowest BCUT2D eigenvalue weighted by Gasteiger charge is -2.15. The van der Waals surface area contributed by atoms with Crippen molar-refractivity contribution in [3.05, 3.63) is 17.0 Å². The fourth-order valence-electron chi connectivity index (χ4n) is 1.50. The zero-order chi connectivity index (χ0) is 14.6. The van der Waals surface area contributed by atoms with Gasteiger partial charge in [-0.2, -0.15) is 0 Å². The number of nitrogens with one attached hydrogen (secondary N) is 1. The first-order chi connectivity index (χ1) is 8.81. The first-order valence-electron chi connectivity index (χ1n) is 6.21. The number of hydrogen-bond acceptors (Lipinski definition) is 5. The molecule has 1 aromatic heterocycles. The molecule has 0 aliphatic heterocycles. The maximum absolute atomic E-state index is 12.2. The van der Waals surface area contributed by atoms with Gasteiger partial charge in [0.1, 0.15) is 10.7 Å². The Morgan fingerprint density at radius 1 is 1.58 bits per heavy atom. The van der Waals surface area contributed by atoms with E-state index in [0.717, 1.165) is 12.1 Å². The van der Waals surface area contributed by atoms with Gasteiger partial charge in [0.05, 0.1) is 0 Å². The summed E-state index contributed by atoms with van der Waals surface area (Å²) in [5.41, 5.74) is 6.73. The standard InChI is InChI=1S/C13H22N4OS/c1-8(2)6-15-13-16-11(14)10(19-13)12(18)17(5)7-9(3)4/h8H,3,6-7,14H2,1-2,4-5H3,(H,15,16). The Balaban J connectivity index is 2.77. The summed E-state index contributed by atoms with van der Waals surface area (Å²) in [6.45, 7) is 11.2. The molecule has 106 valence electrons. The van der Waals surface area contributed by atoms with Crippen molar-refractivity contribution < 1.29 is 4.79 Å². The van der Waals surface area contributed by atoms with E-state index in [1.165, 1.54) is 11.3 Å². The molecule has 0 saturated heterocycles. The molecule has 0 bridgehead atoms. The minimum atomic E-state index is -0.115. The lowest BCUT2D eigenvalue weighted by molar-refractivity contribution is 0.0812. The van der Waals surface area contributed by atoms with E-state index < -0.39 is 0 Å². The van der Waals surface area contributed by atoms with Gasteiger partial charge in [-0.3, -0.25) is 4.79 Å². The molecule has 6 heteroatoms. The van der Waals surface area contributed by atoms with Crippen molar-refractivity contribution in [2.24, 2.45) is 5.92 Å². The van der Waals surface area contributed by atoms with Crippen molar-refractivity contribution >= 4 is 28.2 Å². The first kappa shape index (κ1) is 15.5. The second kappa shape index (κ2) is 6.56. The Labute approximate surface area is 118 Å². The molecule has 1 aromatic rings. The Hall–Kier alpha value is -1.56. The van der Waals surface area contributed by atoms with E-state index in [9.17, 15) is 4.79 Å². The van der Waals surface area contributed by atoms with Gasteiger partial charge in [0.2, 0.25) is 0 Å². The van der Waals surface area contributed by atoms with Crippen LogP contribution in [0, 0.1) is 5.92 Å². The van der Waals surface area contributed by atoms with Crippen LogP contribution in [-0.2, 0) is 0 Å². The number of amides is 1. The molecule has 0 saturated carbocycles. The summed E-state index contributed by atoms with van der Waals surface area (Å²) in [5.74, 6) is 0.681. The molecule has 19 heavy (non-hydrogen) atoms. The number of nitrogens with two attached hydrogens (primary N) is 1. The van der Waals surface area contributed by atoms with Crippen LogP contribution in [0.3, 0.4) is 0 Å². The number of hydrogen-bond donors (Lipinski definition) is 2. The van der Waals surface area contributed by atoms with Crippen LogP contribution in [0.4, 0.5) is 10.9 Å². The molecule has 0 unspecified atom stereocenters. The van der Waals surface area contributed by atoms with E-state index in [1.807, 2.05) is 6.92 Å². The molecule has 0 aliphatic carbocycles. The number of nitrogens with zero attached hydrogens (tertiary/aromatic N) is 2. The lowest BCUT2D eigenvalue weighted by Crippen LogP contribution is -2.28. The molecule has 1 rings (SSSR count). The van der Waals surface area contributed by atoms with Crippen LogP contribution in [0.5, 0.6) is 0 Å². The first-order valence-corrected chi connectivity index (χ1v) is 7.03. The van der Waals surface area contributed by atoms with Crippen LogP contribution in [0.1, 0.15) is 30.4 Å². The van der Waals surface area contributed by atoms with Crippen molar-refractivity contribution in [2.75, 3.05) is 31.2 Å². The van der Waals surface area contributed by atoms with Gasteiger partial charge in [0, 0.05) is 20.1 Å². The van der Waals surface area contributed by atoms with Gasteiger partial charge in [-0.1, -0.05) is 37.3 Å². The maximum Gasteiger partial charge on any atom is 0.267 e.